The third kappa shape index (κ3) is 7.54. The van der Waals surface area contributed by atoms with Crippen molar-refractivity contribution in [2.24, 2.45) is 0 Å². The fourth-order valence-corrected chi connectivity index (χ4v) is 7.62. The maximum Gasteiger partial charge on any atom is 0.341 e. The smallest absolute Gasteiger partial charge is 0.341 e. The summed E-state index contributed by atoms with van der Waals surface area (Å²) in [6, 6.07) is 32.9. The van der Waals surface area contributed by atoms with Gasteiger partial charge in [-0.15, -0.1) is 0 Å². The van der Waals surface area contributed by atoms with Crippen molar-refractivity contribution in [1.29, 1.82) is 0 Å². The Morgan fingerprint density at radius 2 is 0.741 bits per heavy atom. The zero-order chi connectivity index (χ0) is 39.1. The topological polar surface area (TPSA) is 39.3 Å². The van der Waals surface area contributed by atoms with Crippen molar-refractivity contribution in [3.8, 4) is 0 Å². The fourth-order valence-electron chi connectivity index (χ4n) is 6.54. The van der Waals surface area contributed by atoms with E-state index in [-0.39, 0.29) is 25.7 Å². The molecule has 5 aromatic rings. The molecule has 0 fully saturated rings. The normalized spacial score (nSPS) is 12.8. The molecule has 0 N–H and O–H groups in total. The Hall–Kier alpha value is -4.59. The lowest BCUT2D eigenvalue weighted by molar-refractivity contribution is 0.0300. The predicted molar refractivity (Wildman–Crippen MR) is 231 cm³/mol. The van der Waals surface area contributed by atoms with Gasteiger partial charge in [-0.1, -0.05) is 94.9 Å². The minimum absolute atomic E-state index is 0.0136. The van der Waals surface area contributed by atoms with Gasteiger partial charge in [0.2, 0.25) is 0 Å². The number of carbonyl (C=O) groups is 1. The number of hydrogen-bond acceptors (Lipinski definition) is 6. The molecule has 1 aliphatic heterocycles. The molecule has 0 bridgehead atoms. The lowest BCUT2D eigenvalue weighted by atomic mass is 9.83. The van der Waals surface area contributed by atoms with Crippen molar-refractivity contribution in [1.82, 2.24) is 0 Å². The third-order valence-corrected chi connectivity index (χ3v) is 11.4. The number of rotatable bonds is 10. The van der Waals surface area contributed by atoms with E-state index in [4.69, 9.17) is 51.1 Å². The Balaban J connectivity index is 1.74. The molecule has 0 saturated carbocycles. The highest BCUT2D eigenvalue weighted by Gasteiger charge is 2.48. The van der Waals surface area contributed by atoms with Crippen LogP contribution in [0.25, 0.3) is 11.1 Å². The molecule has 0 saturated heterocycles. The second kappa shape index (κ2) is 15.6. The van der Waals surface area contributed by atoms with Crippen LogP contribution in [0.3, 0.4) is 0 Å². The van der Waals surface area contributed by atoms with Crippen molar-refractivity contribution in [3.63, 3.8) is 0 Å². The number of carbonyl (C=O) groups excluding carboxylic acids is 1. The summed E-state index contributed by atoms with van der Waals surface area (Å²) in [5.41, 5.74) is 8.09. The Kier molecular flexibility index (Phi) is 11.3. The minimum Gasteiger partial charge on any atom is -0.442 e. The van der Waals surface area contributed by atoms with Crippen LogP contribution in [-0.4, -0.2) is 62.4 Å². The Morgan fingerprint density at radius 3 is 1.02 bits per heavy atom. The van der Waals surface area contributed by atoms with Crippen molar-refractivity contribution >= 4 is 86.3 Å². The lowest BCUT2D eigenvalue weighted by Crippen LogP contribution is -2.23. The monoisotopic (exact) mass is 798 g/mol. The predicted octanol–water partition coefficient (Wildman–Crippen LogP) is 11.2. The molecule has 5 aromatic carbocycles. The van der Waals surface area contributed by atoms with Gasteiger partial charge >= 0.3 is 5.97 Å². The number of nitrogens with zero attached hydrogens (tertiary/aromatic N) is 4. The third-order valence-electron chi connectivity index (χ3n) is 9.62. The van der Waals surface area contributed by atoms with Gasteiger partial charge in [-0.25, -0.2) is 4.79 Å². The first-order chi connectivity index (χ1) is 25.6. The molecule has 10 heteroatoms. The summed E-state index contributed by atoms with van der Waals surface area (Å²) in [7, 11) is 16.0. The van der Waals surface area contributed by atoms with E-state index in [0.29, 0.717) is 5.56 Å². The number of anilines is 4. The maximum atomic E-state index is 14.2. The summed E-state index contributed by atoms with van der Waals surface area (Å²) in [6.07, 6.45) is 3.89. The summed E-state index contributed by atoms with van der Waals surface area (Å²) in [5.74, 6) is -0.668. The first kappa shape index (κ1) is 39.1. The molecule has 0 unspecified atom stereocenters. The summed E-state index contributed by atoms with van der Waals surface area (Å²) in [5, 5.41) is 0.0791. The van der Waals surface area contributed by atoms with Gasteiger partial charge in [-0.3, -0.25) is 0 Å². The van der Waals surface area contributed by atoms with Gasteiger partial charge in [0.05, 0.1) is 25.7 Å². The van der Waals surface area contributed by atoms with E-state index < -0.39 is 11.6 Å². The van der Waals surface area contributed by atoms with Gasteiger partial charge in [-0.2, -0.15) is 0 Å². The molecule has 1 heterocycles. The van der Waals surface area contributed by atoms with E-state index >= 15 is 0 Å². The molecule has 0 aliphatic carbocycles. The zero-order valence-electron chi connectivity index (χ0n) is 31.5. The molecule has 0 radical (unpaired) electrons. The quantitative estimate of drug-likeness (QED) is 0.0796. The van der Waals surface area contributed by atoms with E-state index in [1.54, 1.807) is 0 Å². The molecule has 1 aliphatic rings. The van der Waals surface area contributed by atoms with Crippen molar-refractivity contribution in [2.45, 2.75) is 5.60 Å². The van der Waals surface area contributed by atoms with E-state index in [1.807, 2.05) is 88.1 Å². The zero-order valence-corrected chi connectivity index (χ0v) is 34.5. The van der Waals surface area contributed by atoms with Crippen LogP contribution >= 0.6 is 46.4 Å². The number of cyclic esters (lactones) is 1. The van der Waals surface area contributed by atoms with Crippen LogP contribution in [0.15, 0.2) is 109 Å². The van der Waals surface area contributed by atoms with E-state index in [0.717, 1.165) is 56.1 Å². The first-order valence-corrected chi connectivity index (χ1v) is 18.8. The lowest BCUT2D eigenvalue weighted by Gasteiger charge is -2.28. The number of hydrogen-bond donors (Lipinski definition) is 0. The van der Waals surface area contributed by atoms with Crippen LogP contribution in [-0.2, 0) is 10.3 Å². The Labute approximate surface area is 338 Å². The highest BCUT2D eigenvalue weighted by Crippen LogP contribution is 2.53. The van der Waals surface area contributed by atoms with Crippen LogP contribution in [0.4, 0.5) is 22.7 Å². The fraction of sp³-hybridized carbons (Fsp3) is 0.205. The van der Waals surface area contributed by atoms with E-state index in [1.165, 1.54) is 0 Å². The van der Waals surface area contributed by atoms with Crippen LogP contribution < -0.4 is 19.6 Å². The second-order valence-corrected chi connectivity index (χ2v) is 15.6. The number of esters is 1. The standard InChI is InChI=1S/C44H42Cl4N4O2/c1-49(2)31-17-9-27(10-18-31)35(28-11-19-32(20-12-28)50(3)4)25-44(38-37(43(53)54-44)39(45)41(47)42(48)40(38)46)26-36(29-13-21-33(22-14-29)51(5)6)30-15-23-34(24-16-30)52(7)8/h9-26H,1-8H3. The van der Waals surface area contributed by atoms with Gasteiger partial charge < -0.3 is 24.3 Å². The van der Waals surface area contributed by atoms with Gasteiger partial charge in [0.15, 0.2) is 5.60 Å². The molecule has 0 spiro atoms. The summed E-state index contributed by atoms with van der Waals surface area (Å²) in [6.45, 7) is 0. The molecule has 0 aromatic heterocycles. The van der Waals surface area contributed by atoms with Crippen LogP contribution in [0.5, 0.6) is 0 Å². The van der Waals surface area contributed by atoms with Crippen LogP contribution in [0.1, 0.15) is 38.2 Å². The molecule has 278 valence electrons. The van der Waals surface area contributed by atoms with Crippen LogP contribution in [0, 0.1) is 0 Å². The largest absolute Gasteiger partial charge is 0.442 e. The first-order valence-electron chi connectivity index (χ1n) is 17.3. The molecule has 0 amide bonds. The SMILES string of the molecule is CN(C)c1ccc(C(=CC2(C=C(c3ccc(N(C)C)cc3)c3ccc(N(C)C)cc3)OC(=O)c3c(Cl)c(Cl)c(Cl)c(Cl)c32)c2ccc(N(C)C)cc2)cc1. The van der Waals surface area contributed by atoms with Gasteiger partial charge in [0, 0.05) is 84.7 Å². The average Bonchev–Trinajstić information content (AvgIpc) is 3.45. The molecule has 6 nitrogen and oxygen atoms in total. The number of ether oxygens (including phenoxy) is 1. The van der Waals surface area contributed by atoms with Gasteiger partial charge in [-0.05, 0) is 94.1 Å². The number of fused-ring (bicyclic) bond motifs is 1. The van der Waals surface area contributed by atoms with Crippen molar-refractivity contribution in [2.75, 3.05) is 76.0 Å². The molecule has 6 rings (SSSR count). The average molecular weight is 801 g/mol. The summed E-state index contributed by atoms with van der Waals surface area (Å²) in [4.78, 5) is 22.3. The molecule has 0 atom stereocenters. The second-order valence-electron chi connectivity index (χ2n) is 14.1. The van der Waals surface area contributed by atoms with Gasteiger partial charge in [0.1, 0.15) is 0 Å². The highest BCUT2D eigenvalue weighted by molar-refractivity contribution is 6.53. The summed E-state index contributed by atoms with van der Waals surface area (Å²) < 4.78 is 6.58. The highest BCUT2D eigenvalue weighted by atomic mass is 35.5. The maximum absolute atomic E-state index is 14.2. The number of benzene rings is 5. The van der Waals surface area contributed by atoms with Crippen molar-refractivity contribution in [3.05, 3.63) is 163 Å². The summed E-state index contributed by atoms with van der Waals surface area (Å²) >= 11 is 27.4. The Morgan fingerprint density at radius 1 is 0.463 bits per heavy atom. The Bertz CT molecular complexity index is 2020. The van der Waals surface area contributed by atoms with E-state index in [9.17, 15) is 4.79 Å². The van der Waals surface area contributed by atoms with Crippen molar-refractivity contribution < 1.29 is 9.53 Å². The molecular weight excluding hydrogens is 758 g/mol. The molecular formula is C44H42Cl4N4O2. The van der Waals surface area contributed by atoms with Gasteiger partial charge in [0.25, 0.3) is 0 Å². The van der Waals surface area contributed by atoms with Crippen LogP contribution in [0.2, 0.25) is 20.1 Å². The van der Waals surface area contributed by atoms with E-state index in [2.05, 4.69) is 97.1 Å². The number of halogens is 4. The minimum atomic E-state index is -1.60. The molecule has 54 heavy (non-hydrogen) atoms.